The number of nitro benzene ring substituents is 1. The van der Waals surface area contributed by atoms with Gasteiger partial charge in [-0.1, -0.05) is 0 Å². The van der Waals surface area contributed by atoms with Gasteiger partial charge in [0.1, 0.15) is 23.9 Å². The second kappa shape index (κ2) is 7.47. The molecule has 1 aromatic rings. The summed E-state index contributed by atoms with van der Waals surface area (Å²) in [5.41, 5.74) is -1.88. The maximum absolute atomic E-state index is 12.1. The van der Waals surface area contributed by atoms with Gasteiger partial charge in [-0.15, -0.1) is 0 Å². The molecule has 0 bridgehead atoms. The summed E-state index contributed by atoms with van der Waals surface area (Å²) in [6.45, 7) is -1.71. The molecule has 0 aromatic heterocycles. The number of nitriles is 3. The van der Waals surface area contributed by atoms with Crippen LogP contribution in [0.1, 0.15) is 0 Å². The van der Waals surface area contributed by atoms with E-state index in [1.165, 1.54) is 18.2 Å². The Morgan fingerprint density at radius 3 is 2.33 bits per heavy atom. The van der Waals surface area contributed by atoms with Crippen LogP contribution in [0, 0.1) is 44.1 Å². The molecule has 24 heavy (non-hydrogen) atoms. The van der Waals surface area contributed by atoms with Gasteiger partial charge in [0.25, 0.3) is 0 Å². The molecule has 0 amide bonds. The lowest BCUT2D eigenvalue weighted by Gasteiger charge is -2.11. The monoisotopic (exact) mass is 337 g/mol. The fraction of sp³-hybridized carbons (Fsp3) is 0.154. The van der Waals surface area contributed by atoms with Crippen LogP contribution in [-0.4, -0.2) is 17.7 Å². The number of anilines is 1. The summed E-state index contributed by atoms with van der Waals surface area (Å²) in [5, 5.41) is 39.5. The molecule has 11 heteroatoms. The number of hydrogen-bond donors (Lipinski definition) is 1. The van der Waals surface area contributed by atoms with E-state index < -0.39 is 40.4 Å². The summed E-state index contributed by atoms with van der Waals surface area (Å²) < 4.78 is 40.7. The fourth-order valence-electron chi connectivity index (χ4n) is 1.45. The molecule has 1 rings (SSSR count). The Hall–Kier alpha value is -3.78. The molecule has 1 N–H and O–H groups in total. The van der Waals surface area contributed by atoms with E-state index in [-0.39, 0.29) is 5.69 Å². The smallest absolute Gasteiger partial charge is 0.422 e. The number of allylic oxidation sites excluding steroid dienone is 2. The van der Waals surface area contributed by atoms with Crippen LogP contribution in [0.5, 0.6) is 5.75 Å². The highest BCUT2D eigenvalue weighted by Gasteiger charge is 2.30. The van der Waals surface area contributed by atoms with Gasteiger partial charge in [-0.2, -0.15) is 29.0 Å². The molecule has 1 aromatic carbocycles. The SMILES string of the molecule is N#CC(C#N)=C(C#N)Nc1ccc(OCC(F)(F)F)c([N+](=O)[O-])c1. The maximum atomic E-state index is 12.1. The standard InChI is InChI=1S/C13H6F3N5O3/c14-13(15,16)7-24-12-2-1-9(3-11(12)21(22)23)20-10(6-19)8(4-17)5-18/h1-3,20H,7H2. The molecule has 0 aliphatic rings. The minimum absolute atomic E-state index is 0.0828. The van der Waals surface area contributed by atoms with E-state index in [2.05, 4.69) is 10.1 Å². The number of rotatable bonds is 5. The molecule has 0 radical (unpaired) electrons. The Morgan fingerprint density at radius 2 is 1.88 bits per heavy atom. The van der Waals surface area contributed by atoms with Crippen LogP contribution in [0.2, 0.25) is 0 Å². The van der Waals surface area contributed by atoms with Crippen molar-refractivity contribution >= 4 is 11.4 Å². The van der Waals surface area contributed by atoms with Gasteiger partial charge in [-0.05, 0) is 12.1 Å². The van der Waals surface area contributed by atoms with Crippen molar-refractivity contribution in [3.05, 3.63) is 39.6 Å². The number of nitrogens with one attached hydrogen (secondary N) is 1. The van der Waals surface area contributed by atoms with E-state index >= 15 is 0 Å². The van der Waals surface area contributed by atoms with Crippen LogP contribution < -0.4 is 10.1 Å². The first kappa shape index (κ1) is 18.3. The zero-order valence-corrected chi connectivity index (χ0v) is 11.6. The minimum atomic E-state index is -4.67. The molecule has 0 heterocycles. The van der Waals surface area contributed by atoms with Gasteiger partial charge >= 0.3 is 11.9 Å². The Kier molecular flexibility index (Phi) is 5.69. The molecule has 0 spiro atoms. The number of hydrogen-bond acceptors (Lipinski definition) is 7. The third-order valence-electron chi connectivity index (χ3n) is 2.40. The summed E-state index contributed by atoms with van der Waals surface area (Å²) >= 11 is 0. The average Bonchev–Trinajstić information content (AvgIpc) is 2.52. The van der Waals surface area contributed by atoms with Crippen LogP contribution in [0.25, 0.3) is 0 Å². The van der Waals surface area contributed by atoms with Crippen molar-refractivity contribution in [2.75, 3.05) is 11.9 Å². The topological polar surface area (TPSA) is 136 Å². The number of nitro groups is 1. The van der Waals surface area contributed by atoms with Crippen molar-refractivity contribution in [1.82, 2.24) is 0 Å². The highest BCUT2D eigenvalue weighted by Crippen LogP contribution is 2.32. The van der Waals surface area contributed by atoms with Crippen LogP contribution >= 0.6 is 0 Å². The first-order valence-corrected chi connectivity index (χ1v) is 5.91. The third-order valence-corrected chi connectivity index (χ3v) is 2.40. The van der Waals surface area contributed by atoms with Crippen molar-refractivity contribution in [3.8, 4) is 24.0 Å². The molecule has 0 saturated heterocycles. The zero-order chi connectivity index (χ0) is 18.3. The Balaban J connectivity index is 3.18. The number of ether oxygens (including phenoxy) is 1. The van der Waals surface area contributed by atoms with E-state index in [0.717, 1.165) is 18.2 Å². The molecular formula is C13H6F3N5O3. The van der Waals surface area contributed by atoms with Crippen LogP contribution in [0.3, 0.4) is 0 Å². The summed E-state index contributed by atoms with van der Waals surface area (Å²) in [6, 6.07) is 7.27. The van der Waals surface area contributed by atoms with Crippen molar-refractivity contribution in [2.24, 2.45) is 0 Å². The Bertz CT molecular complexity index is 796. The van der Waals surface area contributed by atoms with Gasteiger partial charge in [-0.3, -0.25) is 10.1 Å². The van der Waals surface area contributed by atoms with Crippen LogP contribution in [0.4, 0.5) is 24.5 Å². The van der Waals surface area contributed by atoms with Crippen molar-refractivity contribution in [2.45, 2.75) is 6.18 Å². The highest BCUT2D eigenvalue weighted by molar-refractivity contribution is 5.64. The number of halogens is 3. The predicted molar refractivity (Wildman–Crippen MR) is 72.1 cm³/mol. The van der Waals surface area contributed by atoms with Gasteiger partial charge in [0.2, 0.25) is 0 Å². The second-order valence-electron chi connectivity index (χ2n) is 4.05. The lowest BCUT2D eigenvalue weighted by Crippen LogP contribution is -2.19. The molecule has 0 aliphatic heterocycles. The lowest BCUT2D eigenvalue weighted by atomic mass is 10.2. The normalized spacial score (nSPS) is 9.83. The zero-order valence-electron chi connectivity index (χ0n) is 11.6. The number of benzene rings is 1. The van der Waals surface area contributed by atoms with E-state index in [0.29, 0.717) is 0 Å². The summed E-state index contributed by atoms with van der Waals surface area (Å²) in [6.07, 6.45) is -4.67. The van der Waals surface area contributed by atoms with Gasteiger partial charge in [0, 0.05) is 11.8 Å². The average molecular weight is 337 g/mol. The summed E-state index contributed by atoms with van der Waals surface area (Å²) in [4.78, 5) is 9.96. The molecule has 8 nitrogen and oxygen atoms in total. The third kappa shape index (κ3) is 4.90. The van der Waals surface area contributed by atoms with Crippen molar-refractivity contribution in [1.29, 1.82) is 15.8 Å². The predicted octanol–water partition coefficient (Wildman–Crippen LogP) is 2.77. The van der Waals surface area contributed by atoms with Gasteiger partial charge in [0.15, 0.2) is 17.9 Å². The van der Waals surface area contributed by atoms with Crippen LogP contribution in [0.15, 0.2) is 29.5 Å². The van der Waals surface area contributed by atoms with Gasteiger partial charge < -0.3 is 10.1 Å². The van der Waals surface area contributed by atoms with Crippen molar-refractivity contribution in [3.63, 3.8) is 0 Å². The van der Waals surface area contributed by atoms with E-state index in [1.54, 1.807) is 0 Å². The minimum Gasteiger partial charge on any atom is -0.477 e. The van der Waals surface area contributed by atoms with Gasteiger partial charge in [0.05, 0.1) is 4.92 Å². The first-order valence-electron chi connectivity index (χ1n) is 5.91. The van der Waals surface area contributed by atoms with Gasteiger partial charge in [-0.25, -0.2) is 0 Å². The highest BCUT2D eigenvalue weighted by atomic mass is 19.4. The second-order valence-corrected chi connectivity index (χ2v) is 4.05. The maximum Gasteiger partial charge on any atom is 0.422 e. The molecule has 0 saturated carbocycles. The molecule has 0 fully saturated rings. The number of nitrogens with zero attached hydrogens (tertiary/aromatic N) is 4. The first-order chi connectivity index (χ1) is 11.2. The van der Waals surface area contributed by atoms with Crippen LogP contribution in [-0.2, 0) is 0 Å². The molecular weight excluding hydrogens is 331 g/mol. The quantitative estimate of drug-likeness (QED) is 0.495. The Labute approximate surface area is 132 Å². The van der Waals surface area contributed by atoms with E-state index in [1.807, 2.05) is 0 Å². The largest absolute Gasteiger partial charge is 0.477 e. The Morgan fingerprint density at radius 1 is 1.25 bits per heavy atom. The summed E-state index contributed by atoms with van der Waals surface area (Å²) in [7, 11) is 0. The van der Waals surface area contributed by atoms with E-state index in [9.17, 15) is 23.3 Å². The molecule has 122 valence electrons. The molecule has 0 aliphatic carbocycles. The van der Waals surface area contributed by atoms with Crippen molar-refractivity contribution < 1.29 is 22.8 Å². The fourth-order valence-corrected chi connectivity index (χ4v) is 1.45. The molecule has 0 atom stereocenters. The summed E-state index contributed by atoms with van der Waals surface area (Å²) in [5.74, 6) is -0.619. The molecule has 0 unspecified atom stereocenters. The number of alkyl halides is 3. The van der Waals surface area contributed by atoms with E-state index in [4.69, 9.17) is 15.8 Å². The lowest BCUT2D eigenvalue weighted by molar-refractivity contribution is -0.386.